The van der Waals surface area contributed by atoms with Crippen molar-refractivity contribution in [2.45, 2.75) is 13.8 Å². The first-order chi connectivity index (χ1) is 14.0. The van der Waals surface area contributed by atoms with Gasteiger partial charge in [0.1, 0.15) is 0 Å². The smallest absolute Gasteiger partial charge is 0.0616 e. The first-order valence-corrected chi connectivity index (χ1v) is 13.3. The van der Waals surface area contributed by atoms with Crippen molar-refractivity contribution in [3.05, 3.63) is 105 Å². The second-order valence-corrected chi connectivity index (χ2v) is 13.4. The number of fused-ring (bicyclic) bond motifs is 3. The van der Waals surface area contributed by atoms with Gasteiger partial charge in [0.05, 0.1) is 0 Å². The molecule has 0 N–H and O–H groups in total. The van der Waals surface area contributed by atoms with E-state index in [1.165, 1.54) is 43.0 Å². The van der Waals surface area contributed by atoms with Gasteiger partial charge in [0.2, 0.25) is 0 Å². The van der Waals surface area contributed by atoms with E-state index < -0.39 is 8.07 Å². The zero-order valence-corrected chi connectivity index (χ0v) is 20.5. The zero-order chi connectivity index (χ0) is 20.2. The molecule has 0 atom stereocenters. The fourth-order valence-electron chi connectivity index (χ4n) is 4.66. The molecule has 3 heteroatoms. The van der Waals surface area contributed by atoms with E-state index in [9.17, 15) is 0 Å². The average Bonchev–Trinajstić information content (AvgIpc) is 2.99. The zero-order valence-electron chi connectivity index (χ0n) is 16.3. The second kappa shape index (κ2) is 7.08. The largest absolute Gasteiger partial charge is 0.180 e. The number of rotatable bonds is 2. The summed E-state index contributed by atoms with van der Waals surface area (Å²) in [6, 6.07) is 32.0. The Bertz CT molecular complexity index is 1130. The molecule has 1 aliphatic heterocycles. The van der Waals surface area contributed by atoms with Crippen LogP contribution < -0.4 is 20.7 Å². The van der Waals surface area contributed by atoms with Gasteiger partial charge in [-0.25, -0.2) is 0 Å². The van der Waals surface area contributed by atoms with Gasteiger partial charge in [-0.3, -0.25) is 0 Å². The van der Waals surface area contributed by atoms with E-state index in [0.29, 0.717) is 0 Å². The number of hydrogen-bond donors (Lipinski definition) is 0. The Morgan fingerprint density at radius 3 is 1.28 bits per heavy atom. The van der Waals surface area contributed by atoms with Crippen LogP contribution in [0.1, 0.15) is 11.1 Å². The van der Waals surface area contributed by atoms with Crippen molar-refractivity contribution in [2.24, 2.45) is 0 Å². The highest BCUT2D eigenvalue weighted by Gasteiger charge is 2.48. The molecule has 5 rings (SSSR count). The van der Waals surface area contributed by atoms with Gasteiger partial charge in [0.15, 0.2) is 8.07 Å². The molecule has 29 heavy (non-hydrogen) atoms. The topological polar surface area (TPSA) is 0 Å². The second-order valence-electron chi connectivity index (χ2n) is 7.86. The number of hydrogen-bond acceptors (Lipinski definition) is 0. The van der Waals surface area contributed by atoms with Crippen LogP contribution in [0.5, 0.6) is 0 Å². The molecular weight excluding hydrogens is 500 g/mol. The predicted molar refractivity (Wildman–Crippen MR) is 134 cm³/mol. The van der Waals surface area contributed by atoms with Gasteiger partial charge >= 0.3 is 0 Å². The lowest BCUT2D eigenvalue weighted by Gasteiger charge is -2.31. The average molecular weight is 520 g/mol. The SMILES string of the molecule is Cc1ccc([Si]2(c3ccc(C)cc3)c3cc(Br)ccc3-c3ccc(Br)cc32)cc1. The number of benzene rings is 4. The number of halogens is 2. The highest BCUT2D eigenvalue weighted by Crippen LogP contribution is 2.31. The van der Waals surface area contributed by atoms with Crippen molar-refractivity contribution in [1.82, 2.24) is 0 Å². The lowest BCUT2D eigenvalue weighted by Crippen LogP contribution is -2.72. The van der Waals surface area contributed by atoms with Crippen LogP contribution in [0.2, 0.25) is 0 Å². The molecule has 0 spiro atoms. The molecule has 0 fully saturated rings. The highest BCUT2D eigenvalue weighted by molar-refractivity contribution is 9.10. The Morgan fingerprint density at radius 1 is 0.517 bits per heavy atom. The predicted octanol–water partition coefficient (Wildman–Crippen LogP) is 5.19. The lowest BCUT2D eigenvalue weighted by atomic mass is 10.1. The van der Waals surface area contributed by atoms with E-state index in [4.69, 9.17) is 0 Å². The summed E-state index contributed by atoms with van der Waals surface area (Å²) in [5.74, 6) is 0. The maximum atomic E-state index is 3.76. The maximum Gasteiger partial charge on any atom is 0.180 e. The number of aryl methyl sites for hydroxylation is 2. The summed E-state index contributed by atoms with van der Waals surface area (Å²) in [4.78, 5) is 0. The lowest BCUT2D eigenvalue weighted by molar-refractivity contribution is 1.48. The van der Waals surface area contributed by atoms with Crippen LogP contribution >= 0.6 is 31.9 Å². The molecule has 1 heterocycles. The molecule has 4 aromatic rings. The van der Waals surface area contributed by atoms with E-state index in [0.717, 1.165) is 8.95 Å². The molecule has 0 bridgehead atoms. The Morgan fingerprint density at radius 2 is 0.897 bits per heavy atom. The fraction of sp³-hybridized carbons (Fsp3) is 0.0769. The third kappa shape index (κ3) is 2.90. The van der Waals surface area contributed by atoms with Crippen molar-refractivity contribution in [3.63, 3.8) is 0 Å². The molecular formula is C26H20Br2Si. The highest BCUT2D eigenvalue weighted by atomic mass is 79.9. The Balaban J connectivity index is 1.97. The summed E-state index contributed by atoms with van der Waals surface area (Å²) in [6.45, 7) is 4.32. The van der Waals surface area contributed by atoms with Crippen LogP contribution in [0.25, 0.3) is 11.1 Å². The summed E-state index contributed by atoms with van der Waals surface area (Å²) in [6.07, 6.45) is 0. The summed E-state index contributed by atoms with van der Waals surface area (Å²) < 4.78 is 2.28. The van der Waals surface area contributed by atoms with Crippen molar-refractivity contribution in [2.75, 3.05) is 0 Å². The summed E-state index contributed by atoms with van der Waals surface area (Å²) in [5, 5.41) is 5.80. The van der Waals surface area contributed by atoms with Crippen molar-refractivity contribution < 1.29 is 0 Å². The van der Waals surface area contributed by atoms with Crippen molar-refractivity contribution >= 4 is 60.7 Å². The van der Waals surface area contributed by atoms with E-state index >= 15 is 0 Å². The van der Waals surface area contributed by atoms with Gasteiger partial charge in [0, 0.05) is 8.95 Å². The van der Waals surface area contributed by atoms with Crippen LogP contribution in [0.15, 0.2) is 93.9 Å². The Labute approximate surface area is 189 Å². The normalized spacial score (nSPS) is 13.8. The quantitative estimate of drug-likeness (QED) is 0.282. The van der Waals surface area contributed by atoms with Gasteiger partial charge < -0.3 is 0 Å². The molecule has 0 radical (unpaired) electrons. The monoisotopic (exact) mass is 518 g/mol. The summed E-state index contributed by atoms with van der Waals surface area (Å²) in [7, 11) is -2.39. The van der Waals surface area contributed by atoms with E-state index in [-0.39, 0.29) is 0 Å². The third-order valence-corrected chi connectivity index (χ3v) is 11.9. The van der Waals surface area contributed by atoms with Gasteiger partial charge in [-0.05, 0) is 70.0 Å². The molecule has 0 saturated carbocycles. The minimum atomic E-state index is -2.39. The molecule has 0 nitrogen and oxygen atoms in total. The van der Waals surface area contributed by atoms with E-state index in [1.807, 2.05) is 0 Å². The molecule has 0 aromatic heterocycles. The van der Waals surface area contributed by atoms with Crippen molar-refractivity contribution in [1.29, 1.82) is 0 Å². The van der Waals surface area contributed by atoms with E-state index in [1.54, 1.807) is 0 Å². The van der Waals surface area contributed by atoms with Crippen LogP contribution in [-0.4, -0.2) is 8.07 Å². The standard InChI is InChI=1S/C26H20Br2Si/c1-17-3-9-21(10-4-17)29(22-11-5-18(2)6-12-22)25-15-19(27)7-13-23(25)24-14-8-20(28)16-26(24)29/h3-16H,1-2H3. The molecule has 0 unspecified atom stereocenters. The minimum Gasteiger partial charge on any atom is -0.0616 e. The molecule has 0 amide bonds. The Kier molecular flexibility index (Phi) is 4.65. The van der Waals surface area contributed by atoms with Gasteiger partial charge in [0.25, 0.3) is 0 Å². The first kappa shape index (κ1) is 19.0. The van der Waals surface area contributed by atoms with Crippen molar-refractivity contribution in [3.8, 4) is 11.1 Å². The van der Waals surface area contributed by atoms with Gasteiger partial charge in [-0.2, -0.15) is 0 Å². The molecule has 142 valence electrons. The van der Waals surface area contributed by atoms with Crippen LogP contribution in [-0.2, 0) is 0 Å². The van der Waals surface area contributed by atoms with Crippen LogP contribution in [0, 0.1) is 13.8 Å². The van der Waals surface area contributed by atoms with Gasteiger partial charge in [-0.1, -0.05) is 104 Å². The minimum absolute atomic E-state index is 1.14. The Hall–Kier alpha value is -1.94. The van der Waals surface area contributed by atoms with Crippen LogP contribution in [0.3, 0.4) is 0 Å². The summed E-state index contributed by atoms with van der Waals surface area (Å²) >= 11 is 7.51. The summed E-state index contributed by atoms with van der Waals surface area (Å²) in [5.41, 5.74) is 5.32. The fourth-order valence-corrected chi connectivity index (χ4v) is 11.0. The molecule has 4 aromatic carbocycles. The molecule has 1 aliphatic rings. The maximum absolute atomic E-state index is 3.76. The third-order valence-electron chi connectivity index (χ3n) is 6.03. The molecule has 0 aliphatic carbocycles. The van der Waals surface area contributed by atoms with Gasteiger partial charge in [-0.15, -0.1) is 0 Å². The van der Waals surface area contributed by atoms with Crippen LogP contribution in [0.4, 0.5) is 0 Å². The first-order valence-electron chi connectivity index (χ1n) is 9.75. The van der Waals surface area contributed by atoms with E-state index in [2.05, 4.69) is 131 Å². The molecule has 0 saturated heterocycles.